The molecular weight excluding hydrogens is 355 g/mol. The summed E-state index contributed by atoms with van der Waals surface area (Å²) in [4.78, 5) is 12.0. The van der Waals surface area contributed by atoms with Gasteiger partial charge >= 0.3 is 12.1 Å². The van der Waals surface area contributed by atoms with Gasteiger partial charge in [-0.2, -0.15) is 13.2 Å². The van der Waals surface area contributed by atoms with Crippen LogP contribution in [0.4, 0.5) is 22.0 Å². The number of hydrogen-bond acceptors (Lipinski definition) is 2. The molecule has 0 bridgehead atoms. The van der Waals surface area contributed by atoms with Crippen LogP contribution in [0.5, 0.6) is 0 Å². The molecule has 0 radical (unpaired) electrons. The lowest BCUT2D eigenvalue weighted by Gasteiger charge is -2.07. The Balaban J connectivity index is 2.02. The van der Waals surface area contributed by atoms with Crippen LogP contribution in [0.15, 0.2) is 30.1 Å². The molecule has 0 N–H and O–H groups in total. The smallest absolute Gasteiger partial charge is 0.442 e. The third-order valence-corrected chi connectivity index (χ3v) is 4.50. The van der Waals surface area contributed by atoms with Crippen molar-refractivity contribution < 1.29 is 31.5 Å². The summed E-state index contributed by atoms with van der Waals surface area (Å²) in [5, 5.41) is 0.0671. The molecule has 1 fully saturated rings. The Bertz CT molecular complexity index is 682. The first kappa shape index (κ1) is 18.7. The monoisotopic (exact) mass is 368 g/mol. The number of esters is 1. The van der Waals surface area contributed by atoms with Crippen molar-refractivity contribution in [3.8, 4) is 0 Å². The zero-order valence-corrected chi connectivity index (χ0v) is 13.5. The molecule has 1 aromatic carbocycles. The molecule has 1 aliphatic rings. The summed E-state index contributed by atoms with van der Waals surface area (Å²) < 4.78 is 67.8. The molecule has 1 aliphatic carbocycles. The number of benzene rings is 1. The van der Waals surface area contributed by atoms with Crippen molar-refractivity contribution >= 4 is 17.6 Å². The van der Waals surface area contributed by atoms with Crippen molar-refractivity contribution in [1.29, 1.82) is 0 Å². The van der Waals surface area contributed by atoms with Crippen molar-refractivity contribution in [2.75, 3.05) is 0 Å². The maximum atomic E-state index is 13.1. The van der Waals surface area contributed by atoms with Crippen molar-refractivity contribution in [3.05, 3.63) is 46.5 Å². The number of rotatable bonds is 4. The largest absolute Gasteiger partial charge is 0.461 e. The number of allylic oxidation sites excluding steroid dienone is 2. The molecule has 2 nitrogen and oxygen atoms in total. The van der Waals surface area contributed by atoms with Gasteiger partial charge < -0.3 is 4.74 Å². The highest BCUT2D eigenvalue weighted by atomic mass is 35.5. The van der Waals surface area contributed by atoms with E-state index in [2.05, 4.69) is 0 Å². The zero-order chi connectivity index (χ0) is 18.3. The molecule has 2 rings (SSSR count). The number of carbonyl (C=O) groups excluding carboxylic acids is 1. The van der Waals surface area contributed by atoms with Crippen molar-refractivity contribution in [3.63, 3.8) is 0 Å². The first-order valence-corrected chi connectivity index (χ1v) is 7.37. The van der Waals surface area contributed by atoms with Crippen LogP contribution in [0.25, 0.3) is 0 Å². The van der Waals surface area contributed by atoms with Gasteiger partial charge in [-0.1, -0.05) is 31.5 Å². The number of alkyl halides is 3. The Morgan fingerprint density at radius 2 is 2.00 bits per heavy atom. The topological polar surface area (TPSA) is 26.3 Å². The molecule has 2 atom stereocenters. The van der Waals surface area contributed by atoms with E-state index >= 15 is 0 Å². The normalized spacial score (nSPS) is 23.1. The minimum atomic E-state index is -5.07. The summed E-state index contributed by atoms with van der Waals surface area (Å²) >= 11 is 5.80. The molecule has 1 saturated carbocycles. The summed E-state index contributed by atoms with van der Waals surface area (Å²) in [6.45, 7) is 2.85. The van der Waals surface area contributed by atoms with Crippen LogP contribution in [0.3, 0.4) is 0 Å². The van der Waals surface area contributed by atoms with E-state index in [-0.39, 0.29) is 11.6 Å². The summed E-state index contributed by atoms with van der Waals surface area (Å²) in [5.41, 5.74) is -0.481. The summed E-state index contributed by atoms with van der Waals surface area (Å²) in [7, 11) is 0. The Morgan fingerprint density at radius 1 is 1.38 bits per heavy atom. The van der Waals surface area contributed by atoms with Crippen LogP contribution in [0.2, 0.25) is 5.02 Å². The second kappa shape index (κ2) is 6.35. The average molecular weight is 369 g/mol. The predicted octanol–water partition coefficient (Wildman–Crippen LogP) is 5.21. The number of halogens is 6. The third kappa shape index (κ3) is 3.88. The molecule has 1 aromatic rings. The van der Waals surface area contributed by atoms with Crippen LogP contribution >= 0.6 is 11.6 Å². The number of carbonyl (C=O) groups is 1. The van der Waals surface area contributed by atoms with E-state index in [1.807, 2.05) is 0 Å². The van der Waals surface area contributed by atoms with Gasteiger partial charge in [-0.05, 0) is 29.5 Å². The lowest BCUT2D eigenvalue weighted by molar-refractivity contribution is -0.147. The first-order valence-electron chi connectivity index (χ1n) is 6.99. The molecule has 0 spiro atoms. The van der Waals surface area contributed by atoms with Gasteiger partial charge in [0.2, 0.25) is 0 Å². The summed E-state index contributed by atoms with van der Waals surface area (Å²) in [6, 6.07) is 3.53. The Hall–Kier alpha value is -1.63. The lowest BCUT2D eigenvalue weighted by atomic mass is 10.1. The van der Waals surface area contributed by atoms with Gasteiger partial charge in [0.1, 0.15) is 12.4 Å². The number of hydrogen-bond donors (Lipinski definition) is 0. The Kier molecular flexibility index (Phi) is 4.95. The molecule has 8 heteroatoms. The van der Waals surface area contributed by atoms with Gasteiger partial charge in [-0.3, -0.25) is 4.79 Å². The molecule has 0 aliphatic heterocycles. The molecule has 0 aromatic heterocycles. The molecular formula is C16H14ClF5O2. The average Bonchev–Trinajstić information content (AvgIpc) is 2.97. The SMILES string of the molecule is CC1(C)[C@H](/C=C(\F)C(F)(F)F)[C@@H]1C(=O)OCc1ccc(F)cc1Cl. The quantitative estimate of drug-likeness (QED) is 0.538. The number of ether oxygens (including phenoxy) is 1. The Morgan fingerprint density at radius 3 is 2.54 bits per heavy atom. The van der Waals surface area contributed by atoms with Gasteiger partial charge in [0, 0.05) is 5.56 Å². The van der Waals surface area contributed by atoms with Crippen LogP contribution in [0, 0.1) is 23.1 Å². The molecule has 0 unspecified atom stereocenters. The predicted molar refractivity (Wildman–Crippen MR) is 77.2 cm³/mol. The minimum Gasteiger partial charge on any atom is -0.461 e. The molecule has 132 valence electrons. The van der Waals surface area contributed by atoms with E-state index in [1.165, 1.54) is 6.07 Å². The maximum Gasteiger partial charge on any atom is 0.442 e. The van der Waals surface area contributed by atoms with E-state index in [9.17, 15) is 26.7 Å². The van der Waals surface area contributed by atoms with Crippen molar-refractivity contribution in [1.82, 2.24) is 0 Å². The second-order valence-corrected chi connectivity index (χ2v) is 6.59. The summed E-state index contributed by atoms with van der Waals surface area (Å²) in [6.07, 6.45) is -4.66. The molecule has 0 amide bonds. The van der Waals surface area contributed by atoms with Crippen molar-refractivity contribution in [2.24, 2.45) is 17.3 Å². The highest BCUT2D eigenvalue weighted by molar-refractivity contribution is 6.31. The fourth-order valence-corrected chi connectivity index (χ4v) is 2.79. The van der Waals surface area contributed by atoms with E-state index in [1.54, 1.807) is 13.8 Å². The van der Waals surface area contributed by atoms with Crippen LogP contribution in [0.1, 0.15) is 19.4 Å². The third-order valence-electron chi connectivity index (χ3n) is 4.15. The highest BCUT2D eigenvalue weighted by Crippen LogP contribution is 2.60. The van der Waals surface area contributed by atoms with E-state index in [0.29, 0.717) is 11.6 Å². The van der Waals surface area contributed by atoms with E-state index < -0.39 is 41.0 Å². The van der Waals surface area contributed by atoms with Crippen LogP contribution in [-0.2, 0) is 16.1 Å². The van der Waals surface area contributed by atoms with Gasteiger partial charge in [-0.25, -0.2) is 8.78 Å². The Labute approximate surface area is 140 Å². The summed E-state index contributed by atoms with van der Waals surface area (Å²) in [5.74, 6) is -5.32. The van der Waals surface area contributed by atoms with Gasteiger partial charge in [0.25, 0.3) is 0 Å². The van der Waals surface area contributed by atoms with E-state index in [4.69, 9.17) is 16.3 Å². The van der Waals surface area contributed by atoms with Crippen molar-refractivity contribution in [2.45, 2.75) is 26.6 Å². The van der Waals surface area contributed by atoms with Gasteiger partial charge in [-0.15, -0.1) is 0 Å². The minimum absolute atomic E-state index is 0.0671. The second-order valence-electron chi connectivity index (χ2n) is 6.18. The van der Waals surface area contributed by atoms with Gasteiger partial charge in [0.05, 0.1) is 10.9 Å². The first-order chi connectivity index (χ1) is 10.9. The molecule has 0 saturated heterocycles. The highest BCUT2D eigenvalue weighted by Gasteiger charge is 2.62. The maximum absolute atomic E-state index is 13.1. The van der Waals surface area contributed by atoms with Crippen LogP contribution in [-0.4, -0.2) is 12.1 Å². The fourth-order valence-electron chi connectivity index (χ4n) is 2.57. The van der Waals surface area contributed by atoms with Gasteiger partial charge in [0.15, 0.2) is 5.83 Å². The standard InChI is InChI=1S/C16H14ClF5O2/c1-15(2)10(6-12(19)16(20,21)22)13(15)14(23)24-7-8-3-4-9(18)5-11(8)17/h3-6,10,13H,7H2,1-2H3/b12-6-/t10-,13-/m1/s1. The zero-order valence-electron chi connectivity index (χ0n) is 12.8. The lowest BCUT2D eigenvalue weighted by Crippen LogP contribution is -2.11. The molecule has 0 heterocycles. The van der Waals surface area contributed by atoms with Crippen LogP contribution < -0.4 is 0 Å². The molecule has 24 heavy (non-hydrogen) atoms. The fraction of sp³-hybridized carbons (Fsp3) is 0.438. The van der Waals surface area contributed by atoms with E-state index in [0.717, 1.165) is 12.1 Å².